The molecule has 1 aliphatic heterocycles. The van der Waals surface area contributed by atoms with Crippen molar-refractivity contribution >= 4 is 51.9 Å². The predicted molar refractivity (Wildman–Crippen MR) is 120 cm³/mol. The number of rotatable bonds is 4. The van der Waals surface area contributed by atoms with E-state index in [0.29, 0.717) is 32.8 Å². The van der Waals surface area contributed by atoms with E-state index in [1.54, 1.807) is 30.3 Å². The quantitative estimate of drug-likeness (QED) is 0.284. The van der Waals surface area contributed by atoms with Crippen molar-refractivity contribution in [3.8, 4) is 11.3 Å². The lowest BCUT2D eigenvalue weighted by Gasteiger charge is -2.14. The lowest BCUT2D eigenvalue weighted by Crippen LogP contribution is -2.26. The summed E-state index contributed by atoms with van der Waals surface area (Å²) in [6.07, 6.45) is -2.82. The van der Waals surface area contributed by atoms with Crippen LogP contribution in [0.15, 0.2) is 70.0 Å². The van der Waals surface area contributed by atoms with Crippen LogP contribution in [0, 0.1) is 0 Å². The van der Waals surface area contributed by atoms with Crippen LogP contribution in [0.2, 0.25) is 5.02 Å². The molecular formula is C22H13ClF3NO2S2. The number of thiocarbonyl (C=S) groups is 1. The Bertz CT molecular complexity index is 1190. The van der Waals surface area contributed by atoms with Gasteiger partial charge in [0.15, 0.2) is 0 Å². The van der Waals surface area contributed by atoms with Gasteiger partial charge in [-0.2, -0.15) is 13.2 Å². The van der Waals surface area contributed by atoms with Gasteiger partial charge < -0.3 is 4.42 Å². The minimum atomic E-state index is -4.44. The third-order valence-electron chi connectivity index (χ3n) is 4.50. The number of halogens is 4. The molecule has 1 fully saturated rings. The number of benzene rings is 2. The number of alkyl halides is 3. The van der Waals surface area contributed by atoms with E-state index in [9.17, 15) is 18.0 Å². The van der Waals surface area contributed by atoms with E-state index < -0.39 is 11.7 Å². The Kier molecular flexibility index (Phi) is 5.96. The molecule has 1 aromatic heterocycles. The summed E-state index contributed by atoms with van der Waals surface area (Å²) < 4.78 is 44.5. The van der Waals surface area contributed by atoms with Crippen LogP contribution in [-0.4, -0.2) is 15.1 Å². The SMILES string of the molecule is O=C1S/C(=C\c2ccc(-c3cccc(C(F)(F)F)c3)o2)C(=S)N1Cc1ccc(Cl)cc1. The Labute approximate surface area is 190 Å². The third kappa shape index (κ3) is 4.87. The zero-order valence-electron chi connectivity index (χ0n) is 15.7. The lowest BCUT2D eigenvalue weighted by atomic mass is 10.1. The number of furan rings is 1. The number of nitrogens with zero attached hydrogens (tertiary/aromatic N) is 1. The minimum absolute atomic E-state index is 0.212. The molecule has 9 heteroatoms. The molecule has 0 bridgehead atoms. The molecule has 3 nitrogen and oxygen atoms in total. The summed E-state index contributed by atoms with van der Waals surface area (Å²) in [6.45, 7) is 0.312. The molecule has 4 rings (SSSR count). The van der Waals surface area contributed by atoms with Crippen molar-refractivity contribution in [3.63, 3.8) is 0 Å². The monoisotopic (exact) mass is 479 g/mol. The van der Waals surface area contributed by atoms with Crippen molar-refractivity contribution in [1.82, 2.24) is 4.90 Å². The highest BCUT2D eigenvalue weighted by molar-refractivity contribution is 8.19. The van der Waals surface area contributed by atoms with E-state index in [2.05, 4.69) is 0 Å². The van der Waals surface area contributed by atoms with Gasteiger partial charge in [0.1, 0.15) is 16.5 Å². The fraction of sp³-hybridized carbons (Fsp3) is 0.0909. The number of thioether (sulfide) groups is 1. The molecule has 0 aliphatic carbocycles. The number of hydrogen-bond acceptors (Lipinski definition) is 4. The molecule has 2 heterocycles. The second-order valence-electron chi connectivity index (χ2n) is 6.67. The molecule has 0 unspecified atom stereocenters. The normalized spacial score (nSPS) is 15.9. The van der Waals surface area contributed by atoms with E-state index >= 15 is 0 Å². The molecule has 0 spiro atoms. The summed E-state index contributed by atoms with van der Waals surface area (Å²) in [7, 11) is 0. The zero-order valence-corrected chi connectivity index (χ0v) is 18.0. The maximum Gasteiger partial charge on any atom is 0.416 e. The van der Waals surface area contributed by atoms with Gasteiger partial charge in [-0.05, 0) is 59.8 Å². The fourth-order valence-corrected chi connectivity index (χ4v) is 4.31. The van der Waals surface area contributed by atoms with Crippen molar-refractivity contribution in [2.24, 2.45) is 0 Å². The largest absolute Gasteiger partial charge is 0.457 e. The molecule has 0 N–H and O–H groups in total. The summed E-state index contributed by atoms with van der Waals surface area (Å²) in [6, 6.07) is 15.2. The Balaban J connectivity index is 1.53. The van der Waals surface area contributed by atoms with E-state index in [1.165, 1.54) is 17.0 Å². The Morgan fingerprint density at radius 2 is 1.84 bits per heavy atom. The first-order valence-electron chi connectivity index (χ1n) is 8.98. The van der Waals surface area contributed by atoms with Crippen LogP contribution in [0.4, 0.5) is 18.0 Å². The Morgan fingerprint density at radius 3 is 2.55 bits per heavy atom. The van der Waals surface area contributed by atoms with Gasteiger partial charge in [0.05, 0.1) is 17.0 Å². The molecule has 0 atom stereocenters. The minimum Gasteiger partial charge on any atom is -0.457 e. The summed E-state index contributed by atoms with van der Waals surface area (Å²) in [5.74, 6) is 0.676. The van der Waals surface area contributed by atoms with Crippen LogP contribution in [-0.2, 0) is 12.7 Å². The summed E-state index contributed by atoms with van der Waals surface area (Å²) in [4.78, 5) is 14.8. The highest BCUT2D eigenvalue weighted by Gasteiger charge is 2.32. The van der Waals surface area contributed by atoms with Crippen LogP contribution < -0.4 is 0 Å². The van der Waals surface area contributed by atoms with Crippen molar-refractivity contribution in [2.45, 2.75) is 12.7 Å². The maximum absolute atomic E-state index is 13.0. The van der Waals surface area contributed by atoms with Crippen LogP contribution in [0.3, 0.4) is 0 Å². The smallest absolute Gasteiger partial charge is 0.416 e. The number of carbonyl (C=O) groups excluding carboxylic acids is 1. The highest BCUT2D eigenvalue weighted by Crippen LogP contribution is 2.36. The number of hydrogen-bond donors (Lipinski definition) is 0. The van der Waals surface area contributed by atoms with Gasteiger partial charge >= 0.3 is 6.18 Å². The van der Waals surface area contributed by atoms with Gasteiger partial charge in [-0.1, -0.05) is 48.1 Å². The summed E-state index contributed by atoms with van der Waals surface area (Å²) >= 11 is 12.3. The average molecular weight is 480 g/mol. The summed E-state index contributed by atoms with van der Waals surface area (Å²) in [5.41, 5.74) is 0.436. The van der Waals surface area contributed by atoms with Gasteiger partial charge in [0.25, 0.3) is 5.24 Å². The zero-order chi connectivity index (χ0) is 22.2. The molecule has 158 valence electrons. The van der Waals surface area contributed by atoms with Crippen LogP contribution in [0.5, 0.6) is 0 Å². The molecule has 0 radical (unpaired) electrons. The van der Waals surface area contributed by atoms with Gasteiger partial charge in [-0.3, -0.25) is 9.69 Å². The lowest BCUT2D eigenvalue weighted by molar-refractivity contribution is -0.137. The van der Waals surface area contributed by atoms with Gasteiger partial charge in [0, 0.05) is 10.6 Å². The summed E-state index contributed by atoms with van der Waals surface area (Å²) in [5, 5.41) is 0.388. The Morgan fingerprint density at radius 1 is 1.10 bits per heavy atom. The average Bonchev–Trinajstić information content (AvgIpc) is 3.29. The van der Waals surface area contributed by atoms with Gasteiger partial charge in [-0.15, -0.1) is 0 Å². The maximum atomic E-state index is 13.0. The van der Waals surface area contributed by atoms with Crippen molar-refractivity contribution in [1.29, 1.82) is 0 Å². The van der Waals surface area contributed by atoms with Crippen LogP contribution in [0.25, 0.3) is 17.4 Å². The second kappa shape index (κ2) is 8.53. The van der Waals surface area contributed by atoms with Crippen LogP contribution >= 0.6 is 35.6 Å². The molecule has 2 aromatic carbocycles. The van der Waals surface area contributed by atoms with Crippen molar-refractivity contribution in [2.75, 3.05) is 0 Å². The molecule has 0 saturated carbocycles. The highest BCUT2D eigenvalue weighted by atomic mass is 35.5. The van der Waals surface area contributed by atoms with E-state index in [4.69, 9.17) is 28.2 Å². The van der Waals surface area contributed by atoms with E-state index in [-0.39, 0.29) is 11.0 Å². The van der Waals surface area contributed by atoms with Gasteiger partial charge in [0.2, 0.25) is 0 Å². The van der Waals surface area contributed by atoms with Gasteiger partial charge in [-0.25, -0.2) is 0 Å². The number of amides is 1. The third-order valence-corrected chi connectivity index (χ3v) is 6.25. The Hall–Kier alpha value is -2.55. The first-order valence-corrected chi connectivity index (χ1v) is 10.6. The molecule has 1 saturated heterocycles. The van der Waals surface area contributed by atoms with Crippen LogP contribution in [0.1, 0.15) is 16.9 Å². The standard InChI is InChI=1S/C22H13ClF3NO2S2/c23-16-6-4-13(5-7-16)12-27-20(30)19(31-21(27)28)11-17-8-9-18(29-17)14-2-1-3-15(10-14)22(24,25)26/h1-11H,12H2/b19-11-. The molecule has 1 aliphatic rings. The molecule has 1 amide bonds. The first kappa shape index (κ1) is 21.7. The molecule has 3 aromatic rings. The van der Waals surface area contributed by atoms with E-state index in [1.807, 2.05) is 12.1 Å². The molecule has 31 heavy (non-hydrogen) atoms. The fourth-order valence-electron chi connectivity index (χ4n) is 2.97. The van der Waals surface area contributed by atoms with Crippen molar-refractivity contribution in [3.05, 3.63) is 87.5 Å². The second-order valence-corrected chi connectivity index (χ2v) is 8.49. The number of carbonyl (C=O) groups is 1. The predicted octanol–water partition coefficient (Wildman–Crippen LogP) is 7.66. The van der Waals surface area contributed by atoms with Crippen molar-refractivity contribution < 1.29 is 22.4 Å². The van der Waals surface area contributed by atoms with E-state index in [0.717, 1.165) is 29.5 Å². The topological polar surface area (TPSA) is 33.5 Å². The first-order chi connectivity index (χ1) is 14.7. The molecular weight excluding hydrogens is 467 g/mol.